The number of hydrogen-bond donors (Lipinski definition) is 0. The van der Waals surface area contributed by atoms with E-state index in [1.807, 2.05) is 0 Å². The largest absolute Gasteiger partial charge is 0.310 e. The third-order valence-corrected chi connectivity index (χ3v) is 15.4. The van der Waals surface area contributed by atoms with Crippen LogP contribution in [0.15, 0.2) is 84.9 Å². The first kappa shape index (κ1) is 39.8. The topological polar surface area (TPSA) is 9.34 Å². The average molecular weight is 813 g/mol. The fraction of sp³-hybridized carbons (Fsp3) is 0.390. The Morgan fingerprint density at radius 1 is 0.387 bits per heavy atom. The Labute approximate surface area is 370 Å². The van der Waals surface area contributed by atoms with E-state index in [2.05, 4.69) is 212 Å². The van der Waals surface area contributed by atoms with Crippen LogP contribution in [-0.2, 0) is 32.5 Å². The van der Waals surface area contributed by atoms with Crippen molar-refractivity contribution in [3.8, 4) is 5.69 Å². The molecule has 0 saturated heterocycles. The molecule has 62 heavy (non-hydrogen) atoms. The Kier molecular flexibility index (Phi) is 7.55. The van der Waals surface area contributed by atoms with E-state index in [9.17, 15) is 0 Å². The Morgan fingerprint density at radius 2 is 0.839 bits per heavy atom. The quantitative estimate of drug-likeness (QED) is 0.135. The van der Waals surface area contributed by atoms with E-state index >= 15 is 0 Å². The van der Waals surface area contributed by atoms with Gasteiger partial charge in [0.1, 0.15) is 0 Å². The van der Waals surface area contributed by atoms with Crippen LogP contribution < -0.4 is 16.4 Å². The lowest BCUT2D eigenvalue weighted by Crippen LogP contribution is -2.63. The monoisotopic (exact) mass is 813 g/mol. The van der Waals surface area contributed by atoms with Crippen LogP contribution in [-0.4, -0.2) is 15.7 Å². The number of rotatable bonds is 0. The summed E-state index contributed by atoms with van der Waals surface area (Å²) in [5, 5.41) is 8.23. The molecule has 9 aromatic rings. The zero-order chi connectivity index (χ0) is 44.3. The summed E-state index contributed by atoms with van der Waals surface area (Å²) in [6, 6.07) is 35.3. The second kappa shape index (κ2) is 11.8. The molecule has 0 spiro atoms. The maximum Gasteiger partial charge on any atom is 0.247 e. The fourth-order valence-corrected chi connectivity index (χ4v) is 11.5. The molecule has 0 saturated carbocycles. The first-order chi connectivity index (χ1) is 28.7. The van der Waals surface area contributed by atoms with E-state index in [0.717, 1.165) is 0 Å². The van der Waals surface area contributed by atoms with Gasteiger partial charge in [0.25, 0.3) is 0 Å². The van der Waals surface area contributed by atoms with Gasteiger partial charge in [-0.15, -0.1) is 0 Å². The van der Waals surface area contributed by atoms with Gasteiger partial charge in [0.15, 0.2) is 0 Å². The van der Waals surface area contributed by atoms with E-state index in [4.69, 9.17) is 0 Å². The minimum Gasteiger partial charge on any atom is -0.310 e. The summed E-state index contributed by atoms with van der Waals surface area (Å²) in [7, 11) is 0. The molecule has 11 rings (SSSR count). The van der Waals surface area contributed by atoms with Gasteiger partial charge in [0, 0.05) is 48.9 Å². The highest BCUT2D eigenvalue weighted by atomic mass is 15.0. The molecule has 3 aromatic heterocycles. The first-order valence-electron chi connectivity index (χ1n) is 23.3. The van der Waals surface area contributed by atoms with Crippen LogP contribution in [0.1, 0.15) is 157 Å². The van der Waals surface area contributed by atoms with Gasteiger partial charge < -0.3 is 8.97 Å². The summed E-state index contributed by atoms with van der Waals surface area (Å²) in [5.41, 5.74) is 22.1. The van der Waals surface area contributed by atoms with Crippen LogP contribution in [0.3, 0.4) is 0 Å². The molecule has 0 aliphatic carbocycles. The zero-order valence-corrected chi connectivity index (χ0v) is 40.6. The molecule has 0 atom stereocenters. The third kappa shape index (κ3) is 5.23. The molecule has 0 bridgehead atoms. The van der Waals surface area contributed by atoms with Gasteiger partial charge in [-0.05, 0) is 132 Å². The molecule has 0 radical (unpaired) electrons. The molecule has 0 amide bonds. The standard InChI is InChI=1S/C59H65BN2/c1-54(2,3)32-18-20-47-37(22-32)40-24-34(56(7,8)9)25-41-39-30-45-43(31-49(39)61(47)52(40)41)59(16,17)44-27-36(58(13,14)15)29-50-51(44)60(45)46-28-35(57(10,11)12)26-42-38-23-33(55(4,5)6)19-21-48(38)62(50)53(42)46/h18-31H,1-17H3. The second-order valence-corrected chi connectivity index (χ2v) is 25.2. The Hall–Kier alpha value is -5.02. The minimum atomic E-state index is -0.250. The van der Waals surface area contributed by atoms with Gasteiger partial charge in [-0.1, -0.05) is 153 Å². The van der Waals surface area contributed by atoms with Crippen molar-refractivity contribution in [2.75, 3.05) is 0 Å². The van der Waals surface area contributed by atoms with Crippen LogP contribution in [0.2, 0.25) is 0 Å². The van der Waals surface area contributed by atoms with E-state index in [0.29, 0.717) is 0 Å². The van der Waals surface area contributed by atoms with E-state index in [1.165, 1.54) is 121 Å². The number of benzene rings is 6. The third-order valence-electron chi connectivity index (χ3n) is 15.4. The van der Waals surface area contributed by atoms with Crippen molar-refractivity contribution in [3.05, 3.63) is 124 Å². The van der Waals surface area contributed by atoms with Crippen molar-refractivity contribution in [1.82, 2.24) is 8.97 Å². The lowest BCUT2D eigenvalue weighted by Gasteiger charge is -2.43. The number of hydrogen-bond acceptors (Lipinski definition) is 0. The number of aromatic nitrogens is 2. The molecule has 5 heterocycles. The summed E-state index contributed by atoms with van der Waals surface area (Å²) in [6.07, 6.45) is 0. The van der Waals surface area contributed by atoms with Crippen molar-refractivity contribution in [2.45, 2.75) is 150 Å². The van der Waals surface area contributed by atoms with Crippen LogP contribution in [0, 0.1) is 0 Å². The Bertz CT molecular complexity index is 3440. The smallest absolute Gasteiger partial charge is 0.247 e. The van der Waals surface area contributed by atoms with Crippen molar-refractivity contribution in [1.29, 1.82) is 0 Å². The molecular formula is C59H65BN2. The van der Waals surface area contributed by atoms with E-state index < -0.39 is 0 Å². The zero-order valence-electron chi connectivity index (χ0n) is 40.6. The lowest BCUT2D eigenvalue weighted by atomic mass is 9.30. The molecule has 2 aliphatic rings. The molecule has 3 heteroatoms. The molecule has 0 fully saturated rings. The molecule has 6 aromatic carbocycles. The van der Waals surface area contributed by atoms with Crippen molar-refractivity contribution in [3.63, 3.8) is 0 Å². The van der Waals surface area contributed by atoms with Crippen LogP contribution in [0.4, 0.5) is 0 Å². The predicted octanol–water partition coefficient (Wildman–Crippen LogP) is 13.9. The summed E-state index contributed by atoms with van der Waals surface area (Å²) in [5.74, 6) is 0. The molecular weight excluding hydrogens is 747 g/mol. The SMILES string of the molecule is CC(C)(C)c1cc2c3c(c1)C(C)(C)c1cc4c(cc1B3c1cc(C(C)(C)C)cc3c5cc(C(C)(C)C)ccc5n-2c13)c1cc(C(C)(C)C)cc2c3cc(C(C)(C)C)ccc3n4c21. The highest BCUT2D eigenvalue weighted by Gasteiger charge is 2.47. The van der Waals surface area contributed by atoms with Gasteiger partial charge in [0.2, 0.25) is 6.71 Å². The predicted molar refractivity (Wildman–Crippen MR) is 272 cm³/mol. The van der Waals surface area contributed by atoms with Crippen LogP contribution in [0.25, 0.3) is 65.6 Å². The number of fused-ring (bicyclic) bond motifs is 13. The van der Waals surface area contributed by atoms with Gasteiger partial charge >= 0.3 is 0 Å². The molecule has 2 aliphatic heterocycles. The minimum absolute atomic E-state index is 0.000938. The van der Waals surface area contributed by atoms with Gasteiger partial charge in [-0.3, -0.25) is 0 Å². The maximum absolute atomic E-state index is 2.68. The molecule has 314 valence electrons. The Morgan fingerprint density at radius 3 is 1.39 bits per heavy atom. The summed E-state index contributed by atoms with van der Waals surface area (Å²) >= 11 is 0. The lowest BCUT2D eigenvalue weighted by molar-refractivity contribution is 0.582. The van der Waals surface area contributed by atoms with Crippen molar-refractivity contribution < 1.29 is 0 Å². The van der Waals surface area contributed by atoms with Gasteiger partial charge in [-0.25, -0.2) is 0 Å². The van der Waals surface area contributed by atoms with E-state index in [1.54, 1.807) is 0 Å². The molecule has 2 nitrogen and oxygen atoms in total. The first-order valence-corrected chi connectivity index (χ1v) is 23.3. The maximum atomic E-state index is 2.68. The van der Waals surface area contributed by atoms with Crippen molar-refractivity contribution >= 4 is 83.0 Å². The summed E-state index contributed by atoms with van der Waals surface area (Å²) < 4.78 is 5.30. The summed E-state index contributed by atoms with van der Waals surface area (Å²) in [4.78, 5) is 0. The normalized spacial score (nSPS) is 15.6. The van der Waals surface area contributed by atoms with Crippen LogP contribution >= 0.6 is 0 Å². The highest BCUT2D eigenvalue weighted by Crippen LogP contribution is 2.47. The van der Waals surface area contributed by atoms with Gasteiger partial charge in [0.05, 0.1) is 22.1 Å². The number of nitrogens with zero attached hydrogens (tertiary/aromatic N) is 2. The average Bonchev–Trinajstić information content (AvgIpc) is 3.79. The second-order valence-electron chi connectivity index (χ2n) is 25.2. The fourth-order valence-electron chi connectivity index (χ4n) is 11.5. The Balaban J connectivity index is 1.33. The van der Waals surface area contributed by atoms with Crippen molar-refractivity contribution in [2.24, 2.45) is 0 Å². The van der Waals surface area contributed by atoms with E-state index in [-0.39, 0.29) is 39.2 Å². The summed E-state index contributed by atoms with van der Waals surface area (Å²) in [6.45, 7) is 40.6. The molecule has 0 unspecified atom stereocenters. The molecule has 0 N–H and O–H groups in total. The van der Waals surface area contributed by atoms with Crippen LogP contribution in [0.5, 0.6) is 0 Å². The highest BCUT2D eigenvalue weighted by molar-refractivity contribution is 6.99. The van der Waals surface area contributed by atoms with Gasteiger partial charge in [-0.2, -0.15) is 0 Å².